The topological polar surface area (TPSA) is 95.6 Å². The van der Waals surface area contributed by atoms with Crippen molar-refractivity contribution >= 4 is 29.3 Å². The van der Waals surface area contributed by atoms with Crippen LogP contribution in [0.15, 0.2) is 18.2 Å². The summed E-state index contributed by atoms with van der Waals surface area (Å²) in [6.07, 6.45) is 6.16. The van der Waals surface area contributed by atoms with Crippen LogP contribution in [0.25, 0.3) is 0 Å². The highest BCUT2D eigenvalue weighted by molar-refractivity contribution is 6.23. The number of carbonyl (C=O) groups is 4. The summed E-state index contributed by atoms with van der Waals surface area (Å²) in [6.45, 7) is 2.99. The van der Waals surface area contributed by atoms with Gasteiger partial charge < -0.3 is 5.32 Å². The number of fused-ring (bicyclic) bond motifs is 1. The Bertz CT molecular complexity index is 774. The third-order valence-corrected chi connectivity index (χ3v) is 5.05. The zero-order valence-corrected chi connectivity index (χ0v) is 15.5. The van der Waals surface area contributed by atoms with Gasteiger partial charge in [0, 0.05) is 18.7 Å². The second kappa shape index (κ2) is 8.33. The quantitative estimate of drug-likeness (QED) is 0.541. The molecule has 0 bridgehead atoms. The van der Waals surface area contributed by atoms with Crippen LogP contribution in [-0.4, -0.2) is 41.1 Å². The molecule has 0 spiro atoms. The molecule has 4 amide bonds. The minimum absolute atomic E-state index is 0.120. The van der Waals surface area contributed by atoms with Crippen molar-refractivity contribution in [2.75, 3.05) is 11.9 Å². The van der Waals surface area contributed by atoms with Crippen LogP contribution in [0.5, 0.6) is 0 Å². The van der Waals surface area contributed by atoms with Gasteiger partial charge in [-0.1, -0.05) is 32.6 Å². The molecule has 2 aliphatic rings. The molecule has 2 aliphatic heterocycles. The number of unbranched alkanes of at least 4 members (excludes halogenated alkanes) is 4. The first-order valence-corrected chi connectivity index (χ1v) is 9.62. The molecule has 7 nitrogen and oxygen atoms in total. The highest BCUT2D eigenvalue weighted by atomic mass is 16.2. The number of piperidine rings is 1. The van der Waals surface area contributed by atoms with Gasteiger partial charge in [-0.25, -0.2) is 0 Å². The Morgan fingerprint density at radius 2 is 1.78 bits per heavy atom. The molecular weight excluding hydrogens is 346 g/mol. The maximum absolute atomic E-state index is 12.7. The van der Waals surface area contributed by atoms with Gasteiger partial charge in [-0.05, 0) is 31.0 Å². The normalized spacial score (nSPS) is 19.3. The fourth-order valence-corrected chi connectivity index (χ4v) is 3.54. The zero-order valence-electron chi connectivity index (χ0n) is 15.5. The molecule has 1 saturated heterocycles. The highest BCUT2D eigenvalue weighted by Crippen LogP contribution is 2.29. The Kier molecular flexibility index (Phi) is 5.88. The van der Waals surface area contributed by atoms with E-state index in [0.29, 0.717) is 11.1 Å². The lowest BCUT2D eigenvalue weighted by Gasteiger charge is -2.27. The van der Waals surface area contributed by atoms with Gasteiger partial charge >= 0.3 is 0 Å². The van der Waals surface area contributed by atoms with E-state index in [1.165, 1.54) is 19.3 Å². The summed E-state index contributed by atoms with van der Waals surface area (Å²) in [5, 5.41) is 5.49. The van der Waals surface area contributed by atoms with Crippen molar-refractivity contribution in [3.8, 4) is 0 Å². The largest absolute Gasteiger partial charge is 0.385 e. The molecule has 0 aromatic heterocycles. The monoisotopic (exact) mass is 371 g/mol. The van der Waals surface area contributed by atoms with Crippen LogP contribution in [0.1, 0.15) is 72.6 Å². The van der Waals surface area contributed by atoms with Crippen molar-refractivity contribution in [1.29, 1.82) is 0 Å². The van der Waals surface area contributed by atoms with Crippen LogP contribution in [0, 0.1) is 0 Å². The lowest BCUT2D eigenvalue weighted by molar-refractivity contribution is -0.136. The molecule has 1 aromatic rings. The molecule has 1 aromatic carbocycles. The summed E-state index contributed by atoms with van der Waals surface area (Å²) in [5.41, 5.74) is 1.40. The standard InChI is InChI=1S/C20H25N3O4/c1-2-3-4-5-6-11-21-13-7-8-14-15(12-13)20(27)23(19(14)26)16-9-10-17(24)22-18(16)25/h7-8,12,16,21H,2-6,9-11H2,1H3,(H,22,24,25). The number of benzene rings is 1. The van der Waals surface area contributed by atoms with E-state index >= 15 is 0 Å². The number of anilines is 1. The van der Waals surface area contributed by atoms with Crippen molar-refractivity contribution in [2.45, 2.75) is 57.9 Å². The molecule has 0 aliphatic carbocycles. The van der Waals surface area contributed by atoms with E-state index in [1.54, 1.807) is 18.2 Å². The van der Waals surface area contributed by atoms with E-state index in [1.807, 2.05) is 0 Å². The molecule has 0 saturated carbocycles. The second-order valence-corrected chi connectivity index (χ2v) is 7.05. The van der Waals surface area contributed by atoms with Gasteiger partial charge in [0.2, 0.25) is 11.8 Å². The Labute approximate surface area is 158 Å². The van der Waals surface area contributed by atoms with E-state index < -0.39 is 23.8 Å². The molecule has 144 valence electrons. The van der Waals surface area contributed by atoms with E-state index in [4.69, 9.17) is 0 Å². The Morgan fingerprint density at radius 1 is 1.04 bits per heavy atom. The molecule has 1 atom stereocenters. The van der Waals surface area contributed by atoms with Crippen molar-refractivity contribution in [2.24, 2.45) is 0 Å². The lowest BCUT2D eigenvalue weighted by atomic mass is 10.0. The molecular formula is C20H25N3O4. The van der Waals surface area contributed by atoms with Gasteiger partial charge in [-0.15, -0.1) is 0 Å². The van der Waals surface area contributed by atoms with Gasteiger partial charge in [0.1, 0.15) is 6.04 Å². The predicted molar refractivity (Wildman–Crippen MR) is 100 cm³/mol. The number of imide groups is 2. The molecule has 0 radical (unpaired) electrons. The molecule has 7 heteroatoms. The zero-order chi connectivity index (χ0) is 19.4. The molecule has 1 unspecified atom stereocenters. The smallest absolute Gasteiger partial charge is 0.262 e. The number of nitrogens with one attached hydrogen (secondary N) is 2. The minimum Gasteiger partial charge on any atom is -0.385 e. The summed E-state index contributed by atoms with van der Waals surface area (Å²) in [4.78, 5) is 49.7. The molecule has 1 fully saturated rings. The Morgan fingerprint density at radius 3 is 2.52 bits per heavy atom. The number of rotatable bonds is 8. The van der Waals surface area contributed by atoms with Crippen LogP contribution < -0.4 is 10.6 Å². The van der Waals surface area contributed by atoms with Gasteiger partial charge in [0.05, 0.1) is 11.1 Å². The Hall–Kier alpha value is -2.70. The van der Waals surface area contributed by atoms with Crippen molar-refractivity contribution in [3.05, 3.63) is 29.3 Å². The van der Waals surface area contributed by atoms with Crippen molar-refractivity contribution in [3.63, 3.8) is 0 Å². The fourth-order valence-electron chi connectivity index (χ4n) is 3.54. The summed E-state index contributed by atoms with van der Waals surface area (Å²) in [5.74, 6) is -1.92. The maximum atomic E-state index is 12.7. The van der Waals surface area contributed by atoms with Crippen molar-refractivity contribution in [1.82, 2.24) is 10.2 Å². The third kappa shape index (κ3) is 4.02. The predicted octanol–water partition coefficient (Wildman–Crippen LogP) is 2.47. The summed E-state index contributed by atoms with van der Waals surface area (Å²) < 4.78 is 0. The van der Waals surface area contributed by atoms with Crippen LogP contribution >= 0.6 is 0 Å². The van der Waals surface area contributed by atoms with E-state index in [0.717, 1.165) is 30.0 Å². The van der Waals surface area contributed by atoms with E-state index in [2.05, 4.69) is 17.6 Å². The van der Waals surface area contributed by atoms with Crippen LogP contribution in [0.4, 0.5) is 5.69 Å². The molecule has 27 heavy (non-hydrogen) atoms. The van der Waals surface area contributed by atoms with Crippen LogP contribution in [0.2, 0.25) is 0 Å². The molecule has 2 heterocycles. The fraction of sp³-hybridized carbons (Fsp3) is 0.500. The Balaban J connectivity index is 1.66. The first kappa shape index (κ1) is 19.1. The average molecular weight is 371 g/mol. The van der Waals surface area contributed by atoms with Gasteiger partial charge in [-0.3, -0.25) is 29.4 Å². The summed E-state index contributed by atoms with van der Waals surface area (Å²) in [7, 11) is 0. The summed E-state index contributed by atoms with van der Waals surface area (Å²) in [6, 6.07) is 4.16. The minimum atomic E-state index is -0.926. The van der Waals surface area contributed by atoms with Gasteiger partial charge in [0.15, 0.2) is 0 Å². The lowest BCUT2D eigenvalue weighted by Crippen LogP contribution is -2.54. The molecule has 2 N–H and O–H groups in total. The number of hydrogen-bond acceptors (Lipinski definition) is 5. The van der Waals surface area contributed by atoms with Crippen LogP contribution in [-0.2, 0) is 9.59 Å². The third-order valence-electron chi connectivity index (χ3n) is 5.05. The SMILES string of the molecule is CCCCCCCNc1ccc2c(c1)C(=O)N(C1CCC(=O)NC1=O)C2=O. The van der Waals surface area contributed by atoms with Gasteiger partial charge in [-0.2, -0.15) is 0 Å². The van der Waals surface area contributed by atoms with Crippen molar-refractivity contribution < 1.29 is 19.2 Å². The number of amides is 4. The number of nitrogens with zero attached hydrogens (tertiary/aromatic N) is 1. The molecule has 3 rings (SSSR count). The van der Waals surface area contributed by atoms with E-state index in [-0.39, 0.29) is 18.7 Å². The first-order chi connectivity index (χ1) is 13.0. The van der Waals surface area contributed by atoms with Crippen LogP contribution in [0.3, 0.4) is 0 Å². The maximum Gasteiger partial charge on any atom is 0.262 e. The number of carbonyl (C=O) groups excluding carboxylic acids is 4. The van der Waals surface area contributed by atoms with Gasteiger partial charge in [0.25, 0.3) is 11.8 Å². The highest BCUT2D eigenvalue weighted by Gasteiger charge is 2.44. The van der Waals surface area contributed by atoms with E-state index in [9.17, 15) is 19.2 Å². The average Bonchev–Trinajstić information content (AvgIpc) is 2.89. The summed E-state index contributed by atoms with van der Waals surface area (Å²) >= 11 is 0. The first-order valence-electron chi connectivity index (χ1n) is 9.62. The number of hydrogen-bond donors (Lipinski definition) is 2. The second-order valence-electron chi connectivity index (χ2n) is 7.05.